The number of Topliss-reactive ketones (excluding diaryl/α,β-unsaturated/α-hetero) is 1. The van der Waals surface area contributed by atoms with Crippen molar-refractivity contribution < 1.29 is 13.6 Å². The Labute approximate surface area is 68.0 Å². The Morgan fingerprint density at radius 1 is 1.25 bits per heavy atom. The Bertz CT molecular complexity index is 344. The van der Waals surface area contributed by atoms with E-state index in [0.717, 1.165) is 0 Å². The average molecular weight is 168 g/mol. The number of ketones is 1. The minimum Gasteiger partial charge on any atom is -0.287 e. The Morgan fingerprint density at radius 3 is 2.58 bits per heavy atom. The summed E-state index contributed by atoms with van der Waals surface area (Å²) in [6.07, 6.45) is -0.442. The fraction of sp³-hybridized carbons (Fsp3) is 0.222. The lowest BCUT2D eigenvalue weighted by atomic mass is 10.1. The van der Waals surface area contributed by atoms with Crippen molar-refractivity contribution in [2.75, 3.05) is 0 Å². The molecule has 0 N–H and O–H groups in total. The van der Waals surface area contributed by atoms with E-state index in [9.17, 15) is 13.6 Å². The maximum atomic E-state index is 12.8. The highest BCUT2D eigenvalue weighted by molar-refractivity contribution is 6.05. The van der Waals surface area contributed by atoms with Gasteiger partial charge in [-0.3, -0.25) is 4.79 Å². The van der Waals surface area contributed by atoms with Gasteiger partial charge in [-0.2, -0.15) is 8.78 Å². The molecule has 0 bridgehead atoms. The van der Waals surface area contributed by atoms with Gasteiger partial charge in [0, 0.05) is 12.0 Å². The number of carbonyl (C=O) groups excluding carboxylic acids is 1. The van der Waals surface area contributed by atoms with E-state index in [1.165, 1.54) is 6.07 Å². The second-order valence-corrected chi connectivity index (χ2v) is 2.87. The molecule has 1 aliphatic rings. The summed E-state index contributed by atoms with van der Waals surface area (Å²) in [5.41, 5.74) is 0.620. The molecule has 1 aliphatic carbocycles. The summed E-state index contributed by atoms with van der Waals surface area (Å²) in [6, 6.07) is 6.26. The fourth-order valence-electron chi connectivity index (χ4n) is 1.41. The van der Waals surface area contributed by atoms with Crippen molar-refractivity contribution in [3.05, 3.63) is 35.4 Å². The molecule has 0 radical (unpaired) electrons. The van der Waals surface area contributed by atoms with Gasteiger partial charge in [-0.15, -0.1) is 0 Å². The quantitative estimate of drug-likeness (QED) is 0.579. The van der Waals surface area contributed by atoms with Gasteiger partial charge >= 0.3 is 5.92 Å². The predicted octanol–water partition coefficient (Wildman–Crippen LogP) is 2.06. The van der Waals surface area contributed by atoms with E-state index in [4.69, 9.17) is 0 Å². The van der Waals surface area contributed by atoms with Crippen LogP contribution in [0.3, 0.4) is 0 Å². The van der Waals surface area contributed by atoms with E-state index in [2.05, 4.69) is 0 Å². The molecule has 2 rings (SSSR count). The molecule has 0 aromatic heterocycles. The summed E-state index contributed by atoms with van der Waals surface area (Å²) in [6.45, 7) is 0. The Hall–Kier alpha value is -1.25. The van der Waals surface area contributed by atoms with Crippen LogP contribution in [-0.2, 0) is 6.42 Å². The van der Waals surface area contributed by atoms with E-state index < -0.39 is 18.1 Å². The van der Waals surface area contributed by atoms with Crippen molar-refractivity contribution in [3.63, 3.8) is 0 Å². The molecule has 0 atom stereocenters. The van der Waals surface area contributed by atoms with E-state index >= 15 is 0 Å². The lowest BCUT2D eigenvalue weighted by Gasteiger charge is -2.02. The average Bonchev–Trinajstić information content (AvgIpc) is 2.24. The van der Waals surface area contributed by atoms with Crippen LogP contribution in [0.25, 0.3) is 0 Å². The summed E-state index contributed by atoms with van der Waals surface area (Å²) in [7, 11) is 0. The Balaban J connectivity index is 2.57. The van der Waals surface area contributed by atoms with Gasteiger partial charge in [-0.1, -0.05) is 24.3 Å². The first-order valence-corrected chi connectivity index (χ1v) is 3.62. The number of rotatable bonds is 0. The number of alkyl halides is 2. The van der Waals surface area contributed by atoms with Crippen LogP contribution in [0.4, 0.5) is 8.78 Å². The van der Waals surface area contributed by atoms with Crippen LogP contribution in [0.15, 0.2) is 24.3 Å². The van der Waals surface area contributed by atoms with Crippen LogP contribution in [0.2, 0.25) is 0 Å². The van der Waals surface area contributed by atoms with Crippen molar-refractivity contribution >= 4 is 5.78 Å². The summed E-state index contributed by atoms with van der Waals surface area (Å²) in [5, 5.41) is 0. The molecule has 1 nitrogen and oxygen atoms in total. The lowest BCUT2D eigenvalue weighted by Crippen LogP contribution is -2.23. The minimum absolute atomic E-state index is 0.169. The molecule has 1 aromatic carbocycles. The predicted molar refractivity (Wildman–Crippen MR) is 39.4 cm³/mol. The van der Waals surface area contributed by atoms with Gasteiger partial charge in [-0.05, 0) is 5.56 Å². The zero-order valence-corrected chi connectivity index (χ0v) is 6.18. The molecule has 0 saturated carbocycles. The second kappa shape index (κ2) is 2.12. The molecule has 0 spiro atoms. The van der Waals surface area contributed by atoms with E-state index in [1.54, 1.807) is 18.2 Å². The van der Waals surface area contributed by atoms with Crippen molar-refractivity contribution in [1.29, 1.82) is 0 Å². The first-order valence-electron chi connectivity index (χ1n) is 3.62. The highest BCUT2D eigenvalue weighted by atomic mass is 19.3. The van der Waals surface area contributed by atoms with Gasteiger partial charge in [-0.25, -0.2) is 0 Å². The first-order chi connectivity index (χ1) is 5.61. The summed E-state index contributed by atoms with van der Waals surface area (Å²) < 4.78 is 25.6. The normalized spacial score (nSPS) is 19.3. The molecule has 0 heterocycles. The number of hydrogen-bond donors (Lipinski definition) is 0. The molecule has 0 unspecified atom stereocenters. The van der Waals surface area contributed by atoms with E-state index in [-0.39, 0.29) is 5.56 Å². The third kappa shape index (κ3) is 0.858. The van der Waals surface area contributed by atoms with Crippen molar-refractivity contribution in [3.8, 4) is 0 Å². The molecule has 0 fully saturated rings. The molecule has 0 saturated heterocycles. The smallest absolute Gasteiger partial charge is 0.287 e. The fourth-order valence-corrected chi connectivity index (χ4v) is 1.41. The minimum atomic E-state index is -3.18. The molecule has 62 valence electrons. The van der Waals surface area contributed by atoms with Crippen molar-refractivity contribution in [2.24, 2.45) is 0 Å². The number of benzene rings is 1. The monoisotopic (exact) mass is 168 g/mol. The van der Waals surface area contributed by atoms with Crippen LogP contribution >= 0.6 is 0 Å². The van der Waals surface area contributed by atoms with Gasteiger partial charge in [0.1, 0.15) is 0 Å². The maximum absolute atomic E-state index is 12.8. The van der Waals surface area contributed by atoms with Crippen molar-refractivity contribution in [2.45, 2.75) is 12.3 Å². The number of fused-ring (bicyclic) bond motifs is 1. The maximum Gasteiger partial charge on any atom is 0.313 e. The highest BCUT2D eigenvalue weighted by Crippen LogP contribution is 2.33. The standard InChI is InChI=1S/C9H6F2O/c10-9(11)5-6-3-1-2-4-7(6)8(9)12/h1-4H,5H2. The number of halogens is 2. The zero-order chi connectivity index (χ0) is 8.77. The SMILES string of the molecule is O=C1c2ccccc2CC1(F)F. The highest BCUT2D eigenvalue weighted by Gasteiger charge is 2.46. The molecule has 1 aromatic rings. The summed E-state index contributed by atoms with van der Waals surface area (Å²) >= 11 is 0. The molecule has 0 amide bonds. The zero-order valence-electron chi connectivity index (χ0n) is 6.18. The Kier molecular flexibility index (Phi) is 1.31. The van der Waals surface area contributed by atoms with Crippen molar-refractivity contribution in [1.82, 2.24) is 0 Å². The number of hydrogen-bond acceptors (Lipinski definition) is 1. The second-order valence-electron chi connectivity index (χ2n) is 2.87. The van der Waals surface area contributed by atoms with Crippen LogP contribution in [0, 0.1) is 0 Å². The lowest BCUT2D eigenvalue weighted by molar-refractivity contribution is 0.0168. The third-order valence-electron chi connectivity index (χ3n) is 2.01. The van der Waals surface area contributed by atoms with E-state index in [1.807, 2.05) is 0 Å². The Morgan fingerprint density at radius 2 is 1.92 bits per heavy atom. The van der Waals surface area contributed by atoms with Gasteiger partial charge < -0.3 is 0 Å². The molecule has 3 heteroatoms. The topological polar surface area (TPSA) is 17.1 Å². The van der Waals surface area contributed by atoms with Crippen LogP contribution in [-0.4, -0.2) is 11.7 Å². The van der Waals surface area contributed by atoms with Crippen LogP contribution < -0.4 is 0 Å². The number of carbonyl (C=O) groups is 1. The van der Waals surface area contributed by atoms with E-state index in [0.29, 0.717) is 5.56 Å². The molecular formula is C9H6F2O. The largest absolute Gasteiger partial charge is 0.313 e. The summed E-state index contributed by atoms with van der Waals surface area (Å²) in [4.78, 5) is 11.0. The first kappa shape index (κ1) is 7.40. The van der Waals surface area contributed by atoms with Gasteiger partial charge in [0.2, 0.25) is 5.78 Å². The molecule has 0 aliphatic heterocycles. The van der Waals surface area contributed by atoms with Crippen LogP contribution in [0.1, 0.15) is 15.9 Å². The van der Waals surface area contributed by atoms with Gasteiger partial charge in [0.15, 0.2) is 0 Å². The molecular weight excluding hydrogens is 162 g/mol. The van der Waals surface area contributed by atoms with Gasteiger partial charge in [0.05, 0.1) is 0 Å². The van der Waals surface area contributed by atoms with Gasteiger partial charge in [0.25, 0.3) is 0 Å². The molecule has 12 heavy (non-hydrogen) atoms. The third-order valence-corrected chi connectivity index (χ3v) is 2.01. The summed E-state index contributed by atoms with van der Waals surface area (Å²) in [5.74, 6) is -4.22. The van der Waals surface area contributed by atoms with Crippen LogP contribution in [0.5, 0.6) is 0 Å².